The molecule has 0 aromatic heterocycles. The quantitative estimate of drug-likeness (QED) is 0.163. The minimum Gasteiger partial charge on any atom is -0.458 e. The van der Waals surface area contributed by atoms with E-state index in [4.69, 9.17) is 28.4 Å². The first-order chi connectivity index (χ1) is 23.3. The third kappa shape index (κ3) is 5.74. The number of carbonyl (C=O) groups is 1. The van der Waals surface area contributed by atoms with Gasteiger partial charge < -0.3 is 59.1 Å². The van der Waals surface area contributed by atoms with Crippen LogP contribution in [-0.4, -0.2) is 130 Å². The molecule has 7 aliphatic rings. The molecule has 0 aromatic carbocycles. The van der Waals surface area contributed by atoms with E-state index in [1.165, 1.54) is 7.11 Å². The molecule has 18 atom stereocenters. The maximum absolute atomic E-state index is 12.5. The molecule has 0 spiro atoms. The molecular formula is C36H56O13. The Morgan fingerprint density at radius 1 is 0.857 bits per heavy atom. The molecule has 0 aromatic rings. The normalized spacial score (nSPS) is 54.4. The number of hydrogen-bond donors (Lipinski definition) is 6. The maximum Gasteiger partial charge on any atom is 0.331 e. The van der Waals surface area contributed by atoms with Crippen molar-refractivity contribution in [3.63, 3.8) is 0 Å². The van der Waals surface area contributed by atoms with E-state index in [0.29, 0.717) is 18.4 Å². The zero-order valence-electron chi connectivity index (χ0n) is 29.1. The van der Waals surface area contributed by atoms with Crippen molar-refractivity contribution < 1.29 is 63.9 Å². The molecular weight excluding hydrogens is 640 g/mol. The summed E-state index contributed by atoms with van der Waals surface area (Å²) < 4.78 is 35.1. The summed E-state index contributed by atoms with van der Waals surface area (Å²) in [6, 6.07) is 0. The molecule has 4 saturated carbocycles. The summed E-state index contributed by atoms with van der Waals surface area (Å²) in [5.74, 6) is 0.909. The van der Waals surface area contributed by atoms with E-state index in [2.05, 4.69) is 13.8 Å². The van der Waals surface area contributed by atoms with E-state index < -0.39 is 73.6 Å². The fourth-order valence-electron chi connectivity index (χ4n) is 11.6. The van der Waals surface area contributed by atoms with Crippen LogP contribution in [0.1, 0.15) is 78.6 Å². The fraction of sp³-hybridized carbons (Fsp3) is 0.917. The van der Waals surface area contributed by atoms with Crippen LogP contribution in [-0.2, 0) is 33.2 Å². The summed E-state index contributed by atoms with van der Waals surface area (Å²) in [6.07, 6.45) is -2.30. The summed E-state index contributed by atoms with van der Waals surface area (Å²) in [4.78, 5) is 11.9. The Hall–Kier alpha value is -1.23. The van der Waals surface area contributed by atoms with Crippen LogP contribution >= 0.6 is 0 Å². The third-order valence-corrected chi connectivity index (χ3v) is 14.4. The largest absolute Gasteiger partial charge is 0.458 e. The molecule has 49 heavy (non-hydrogen) atoms. The standard InChI is InChI=1S/C36H56O13/c1-17-30(49-32-28(41)27(40)26(39)24(15-37)48-32)31(44-4)29(42)33(46-17)47-20-7-10-34(2)19(14-20)5-6-23-22(34)8-11-35(3)21(9-12-36(23,35)43)18-13-25(38)45-16-18/h13,17,19-24,26-33,37,39-43H,5-12,14-16H2,1-4H3/t17-,19-,20-,21-,22-,23+,24-,26-,27+,28-,29-,30-,31-,32+,33+,34-,35+,36-/m0/s1. The van der Waals surface area contributed by atoms with Crippen LogP contribution in [0.4, 0.5) is 0 Å². The van der Waals surface area contributed by atoms with Crippen molar-refractivity contribution in [2.24, 2.45) is 34.5 Å². The lowest BCUT2D eigenvalue weighted by molar-refractivity contribution is -0.362. The molecule has 0 unspecified atom stereocenters. The highest BCUT2D eigenvalue weighted by Crippen LogP contribution is 2.70. The first kappa shape index (κ1) is 36.1. The molecule has 0 bridgehead atoms. The Morgan fingerprint density at radius 3 is 2.31 bits per heavy atom. The van der Waals surface area contributed by atoms with Gasteiger partial charge in [-0.15, -0.1) is 0 Å². The monoisotopic (exact) mass is 696 g/mol. The first-order valence-corrected chi connectivity index (χ1v) is 18.3. The molecule has 6 fully saturated rings. The number of cyclic esters (lactones) is 1. The summed E-state index contributed by atoms with van der Waals surface area (Å²) >= 11 is 0. The average Bonchev–Trinajstić information content (AvgIpc) is 3.62. The second-order valence-corrected chi connectivity index (χ2v) is 16.5. The molecule has 13 heteroatoms. The lowest BCUT2D eigenvalue weighted by Gasteiger charge is -2.64. The van der Waals surface area contributed by atoms with Gasteiger partial charge >= 0.3 is 5.97 Å². The van der Waals surface area contributed by atoms with Crippen molar-refractivity contribution in [2.75, 3.05) is 20.3 Å². The number of methoxy groups -OCH3 is 1. The van der Waals surface area contributed by atoms with Crippen LogP contribution in [0.5, 0.6) is 0 Å². The van der Waals surface area contributed by atoms with E-state index >= 15 is 0 Å². The Labute approximate surface area is 287 Å². The van der Waals surface area contributed by atoms with Gasteiger partial charge in [-0.3, -0.25) is 0 Å². The highest BCUT2D eigenvalue weighted by Gasteiger charge is 2.68. The molecule has 278 valence electrons. The minimum absolute atomic E-state index is 0.0579. The van der Waals surface area contributed by atoms with Gasteiger partial charge in [-0.1, -0.05) is 13.8 Å². The molecule has 0 amide bonds. The predicted molar refractivity (Wildman–Crippen MR) is 170 cm³/mol. The Bertz CT molecular complexity index is 1260. The highest BCUT2D eigenvalue weighted by atomic mass is 16.7. The molecule has 13 nitrogen and oxygen atoms in total. The topological polar surface area (TPSA) is 194 Å². The van der Waals surface area contributed by atoms with Gasteiger partial charge in [0.15, 0.2) is 12.6 Å². The van der Waals surface area contributed by atoms with E-state index in [9.17, 15) is 35.4 Å². The Balaban J connectivity index is 0.990. The zero-order chi connectivity index (χ0) is 35.0. The molecule has 7 rings (SSSR count). The number of hydrogen-bond acceptors (Lipinski definition) is 13. The van der Waals surface area contributed by atoms with Crippen LogP contribution in [0.3, 0.4) is 0 Å². The lowest BCUT2D eigenvalue weighted by atomic mass is 9.43. The zero-order valence-corrected chi connectivity index (χ0v) is 29.1. The molecule has 6 N–H and O–H groups in total. The molecule has 0 radical (unpaired) electrons. The van der Waals surface area contributed by atoms with Crippen LogP contribution in [0, 0.1) is 34.5 Å². The number of aliphatic hydroxyl groups excluding tert-OH is 5. The fourth-order valence-corrected chi connectivity index (χ4v) is 11.6. The van der Waals surface area contributed by atoms with Crippen molar-refractivity contribution in [3.05, 3.63) is 11.6 Å². The molecule has 4 aliphatic carbocycles. The van der Waals surface area contributed by atoms with Crippen molar-refractivity contribution in [2.45, 2.75) is 152 Å². The van der Waals surface area contributed by atoms with Gasteiger partial charge in [0.2, 0.25) is 0 Å². The van der Waals surface area contributed by atoms with E-state index in [1.807, 2.05) is 0 Å². The first-order valence-electron chi connectivity index (χ1n) is 18.3. The number of carbonyl (C=O) groups excluding carboxylic acids is 1. The lowest BCUT2D eigenvalue weighted by Crippen LogP contribution is -2.64. The van der Waals surface area contributed by atoms with Crippen molar-refractivity contribution in [3.8, 4) is 0 Å². The van der Waals surface area contributed by atoms with E-state index in [0.717, 1.165) is 63.4 Å². The van der Waals surface area contributed by atoms with Crippen LogP contribution in [0.15, 0.2) is 11.6 Å². The summed E-state index contributed by atoms with van der Waals surface area (Å²) in [6.45, 7) is 6.15. The summed E-state index contributed by atoms with van der Waals surface area (Å²) in [7, 11) is 1.44. The second-order valence-electron chi connectivity index (χ2n) is 16.5. The molecule has 2 saturated heterocycles. The van der Waals surface area contributed by atoms with E-state index in [-0.39, 0.29) is 34.7 Å². The van der Waals surface area contributed by atoms with Crippen LogP contribution in [0.2, 0.25) is 0 Å². The Morgan fingerprint density at radius 2 is 1.61 bits per heavy atom. The third-order valence-electron chi connectivity index (χ3n) is 14.4. The van der Waals surface area contributed by atoms with E-state index in [1.54, 1.807) is 13.0 Å². The van der Waals surface area contributed by atoms with Crippen LogP contribution < -0.4 is 0 Å². The summed E-state index contributed by atoms with van der Waals surface area (Å²) in [5, 5.41) is 64.3. The van der Waals surface area contributed by atoms with Crippen LogP contribution in [0.25, 0.3) is 0 Å². The van der Waals surface area contributed by atoms with Crippen molar-refractivity contribution >= 4 is 5.97 Å². The SMILES string of the molecule is CO[C@H]1[C@H](O)[C@@H](O[C@H]2CC[C@@]3(C)[C@@H](CC[C@@H]4[C@@H]3CC[C@]3(C)[C@H](C5=CC(=O)OC5)CC[C@]43O)C2)O[C@@H](C)[C@@H]1O[C@H]1O[C@@H](CO)[C@H](O)[C@@H](O)[C@@H]1O. The summed E-state index contributed by atoms with van der Waals surface area (Å²) in [5.41, 5.74) is 0.0599. The molecule has 3 heterocycles. The smallest absolute Gasteiger partial charge is 0.331 e. The number of ether oxygens (including phenoxy) is 6. The van der Waals surface area contributed by atoms with Gasteiger partial charge in [-0.2, -0.15) is 0 Å². The minimum atomic E-state index is -1.60. The van der Waals surface area contributed by atoms with Gasteiger partial charge in [-0.25, -0.2) is 4.79 Å². The van der Waals surface area contributed by atoms with Gasteiger partial charge in [0, 0.05) is 18.6 Å². The number of aliphatic hydroxyl groups is 6. The van der Waals surface area contributed by atoms with Gasteiger partial charge in [-0.05, 0) is 99.4 Å². The van der Waals surface area contributed by atoms with Crippen molar-refractivity contribution in [1.82, 2.24) is 0 Å². The number of esters is 1. The maximum atomic E-state index is 12.5. The number of fused-ring (bicyclic) bond motifs is 5. The Kier molecular flexibility index (Phi) is 9.82. The second kappa shape index (κ2) is 13.3. The predicted octanol–water partition coefficient (Wildman–Crippen LogP) is 0.934. The van der Waals surface area contributed by atoms with Gasteiger partial charge in [0.25, 0.3) is 0 Å². The molecule has 3 aliphatic heterocycles. The average molecular weight is 697 g/mol. The van der Waals surface area contributed by atoms with Crippen molar-refractivity contribution in [1.29, 1.82) is 0 Å². The van der Waals surface area contributed by atoms with Gasteiger partial charge in [0.1, 0.15) is 49.3 Å². The highest BCUT2D eigenvalue weighted by molar-refractivity contribution is 5.85. The van der Waals surface area contributed by atoms with Gasteiger partial charge in [0.05, 0.1) is 24.4 Å². The number of rotatable bonds is 7.